The van der Waals surface area contributed by atoms with Crippen LogP contribution in [-0.4, -0.2) is 18.0 Å². The first-order chi connectivity index (χ1) is 8.33. The molecule has 0 saturated heterocycles. The molecule has 96 valence electrons. The lowest BCUT2D eigenvalue weighted by atomic mass is 9.87. The summed E-state index contributed by atoms with van der Waals surface area (Å²) in [6, 6.07) is 0. The Hall–Kier alpha value is -0.860. The largest absolute Gasteiger partial charge is 0.365 e. The highest BCUT2D eigenvalue weighted by Crippen LogP contribution is 2.26. The second-order valence-corrected chi connectivity index (χ2v) is 4.56. The molecule has 1 rings (SSSR count). The summed E-state index contributed by atoms with van der Waals surface area (Å²) in [7, 11) is 0. The Balaban J connectivity index is 2.06. The lowest BCUT2D eigenvalue weighted by Crippen LogP contribution is -2.14. The number of ether oxygens (including phenoxy) is 1. The molecule has 0 aromatic carbocycles. The van der Waals surface area contributed by atoms with E-state index >= 15 is 0 Å². The van der Waals surface area contributed by atoms with Gasteiger partial charge in [0.15, 0.2) is 6.29 Å². The third kappa shape index (κ3) is 7.14. The van der Waals surface area contributed by atoms with E-state index in [1.165, 1.54) is 32.1 Å². The minimum Gasteiger partial charge on any atom is -0.365 e. The molecule has 0 aromatic heterocycles. The number of allylic oxidation sites excluding steroid dienone is 4. The molecule has 2 nitrogen and oxygen atoms in total. The lowest BCUT2D eigenvalue weighted by molar-refractivity contribution is -0.0685. The van der Waals surface area contributed by atoms with E-state index in [1.54, 1.807) is 18.2 Å². The highest BCUT2D eigenvalue weighted by atomic mass is 16.6. The number of aliphatic hydroxyl groups excluding tert-OH is 1. The van der Waals surface area contributed by atoms with Crippen molar-refractivity contribution in [2.24, 2.45) is 5.92 Å². The summed E-state index contributed by atoms with van der Waals surface area (Å²) in [5.41, 5.74) is 0. The minimum absolute atomic E-state index is 0.654. The normalized spacial score (nSPS) is 20.1. The predicted octanol–water partition coefficient (Wildman–Crippen LogP) is 3.59. The Labute approximate surface area is 105 Å². The first-order valence-corrected chi connectivity index (χ1v) is 6.58. The zero-order chi connectivity index (χ0) is 12.3. The Morgan fingerprint density at radius 3 is 2.65 bits per heavy atom. The zero-order valence-corrected chi connectivity index (χ0v) is 10.6. The van der Waals surface area contributed by atoms with Crippen LogP contribution in [0, 0.1) is 5.92 Å². The fraction of sp³-hybridized carbons (Fsp3) is 0.600. The Bertz CT molecular complexity index is 250. The van der Waals surface area contributed by atoms with Gasteiger partial charge < -0.3 is 9.84 Å². The molecule has 1 fully saturated rings. The van der Waals surface area contributed by atoms with Crippen molar-refractivity contribution in [3.05, 3.63) is 37.0 Å². The van der Waals surface area contributed by atoms with Crippen molar-refractivity contribution < 1.29 is 9.84 Å². The van der Waals surface area contributed by atoms with Gasteiger partial charge in [-0.15, -0.1) is 0 Å². The summed E-state index contributed by atoms with van der Waals surface area (Å²) in [6.07, 6.45) is 15.8. The average Bonchev–Trinajstić information content (AvgIpc) is 2.36. The highest BCUT2D eigenvalue weighted by Gasteiger charge is 2.13. The van der Waals surface area contributed by atoms with Gasteiger partial charge in [-0.1, -0.05) is 63.0 Å². The SMILES string of the molecule is C=CC=CC=CC(O)OCCC1CCCCC1. The van der Waals surface area contributed by atoms with E-state index in [4.69, 9.17) is 4.74 Å². The summed E-state index contributed by atoms with van der Waals surface area (Å²) >= 11 is 0. The Kier molecular flexibility index (Phi) is 7.69. The molecular formula is C15H24O2. The summed E-state index contributed by atoms with van der Waals surface area (Å²) in [4.78, 5) is 0. The van der Waals surface area contributed by atoms with Crippen LogP contribution < -0.4 is 0 Å². The summed E-state index contributed by atoms with van der Waals surface area (Å²) in [6.45, 7) is 4.22. The molecule has 0 radical (unpaired) electrons. The van der Waals surface area contributed by atoms with Crippen molar-refractivity contribution in [3.8, 4) is 0 Å². The van der Waals surface area contributed by atoms with Gasteiger partial charge in [0.05, 0.1) is 6.61 Å². The molecular weight excluding hydrogens is 212 g/mol. The first kappa shape index (κ1) is 14.2. The van der Waals surface area contributed by atoms with Crippen LogP contribution in [0.25, 0.3) is 0 Å². The molecule has 1 aliphatic carbocycles. The van der Waals surface area contributed by atoms with Crippen molar-refractivity contribution in [3.63, 3.8) is 0 Å². The van der Waals surface area contributed by atoms with Crippen molar-refractivity contribution in [1.82, 2.24) is 0 Å². The van der Waals surface area contributed by atoms with Crippen LogP contribution >= 0.6 is 0 Å². The van der Waals surface area contributed by atoms with Gasteiger partial charge in [0.25, 0.3) is 0 Å². The van der Waals surface area contributed by atoms with Gasteiger partial charge in [0, 0.05) is 0 Å². The van der Waals surface area contributed by atoms with Crippen molar-refractivity contribution in [2.45, 2.75) is 44.8 Å². The smallest absolute Gasteiger partial charge is 0.174 e. The number of rotatable bonds is 7. The van der Waals surface area contributed by atoms with Gasteiger partial charge in [-0.05, 0) is 18.4 Å². The second-order valence-electron chi connectivity index (χ2n) is 4.56. The summed E-state index contributed by atoms with van der Waals surface area (Å²) in [5.74, 6) is 0.806. The molecule has 0 heterocycles. The van der Waals surface area contributed by atoms with Crippen molar-refractivity contribution >= 4 is 0 Å². The number of hydrogen-bond acceptors (Lipinski definition) is 2. The quantitative estimate of drug-likeness (QED) is 0.540. The van der Waals surface area contributed by atoms with Gasteiger partial charge >= 0.3 is 0 Å². The number of hydrogen-bond donors (Lipinski definition) is 1. The van der Waals surface area contributed by atoms with Gasteiger partial charge in [-0.3, -0.25) is 0 Å². The predicted molar refractivity (Wildman–Crippen MR) is 71.6 cm³/mol. The fourth-order valence-electron chi connectivity index (χ4n) is 2.19. The molecule has 0 amide bonds. The molecule has 1 saturated carbocycles. The van der Waals surface area contributed by atoms with E-state index in [9.17, 15) is 5.11 Å². The van der Waals surface area contributed by atoms with E-state index in [-0.39, 0.29) is 0 Å². The lowest BCUT2D eigenvalue weighted by Gasteiger charge is -2.21. The molecule has 0 aromatic rings. The molecule has 2 heteroatoms. The summed E-state index contributed by atoms with van der Waals surface area (Å²) < 4.78 is 5.33. The standard InChI is InChI=1S/C15H24O2/c1-2-3-4-8-11-15(16)17-13-12-14-9-6-5-7-10-14/h2-4,8,11,14-16H,1,5-7,9-10,12-13H2. The van der Waals surface area contributed by atoms with Crippen LogP contribution in [0.5, 0.6) is 0 Å². The first-order valence-electron chi connectivity index (χ1n) is 6.58. The van der Waals surface area contributed by atoms with Gasteiger partial charge in [-0.25, -0.2) is 0 Å². The van der Waals surface area contributed by atoms with Crippen LogP contribution in [0.3, 0.4) is 0 Å². The molecule has 1 aliphatic rings. The third-order valence-corrected chi connectivity index (χ3v) is 3.17. The van der Waals surface area contributed by atoms with E-state index in [0.29, 0.717) is 6.61 Å². The zero-order valence-electron chi connectivity index (χ0n) is 10.6. The van der Waals surface area contributed by atoms with Gasteiger partial charge in [0.1, 0.15) is 0 Å². The molecule has 17 heavy (non-hydrogen) atoms. The molecule has 0 spiro atoms. The van der Waals surface area contributed by atoms with Crippen LogP contribution in [0.2, 0.25) is 0 Å². The second kappa shape index (κ2) is 9.20. The molecule has 1 unspecified atom stereocenters. The van der Waals surface area contributed by atoms with Gasteiger partial charge in [-0.2, -0.15) is 0 Å². The Morgan fingerprint density at radius 2 is 1.94 bits per heavy atom. The topological polar surface area (TPSA) is 29.5 Å². The highest BCUT2D eigenvalue weighted by molar-refractivity contribution is 5.09. The van der Waals surface area contributed by atoms with Crippen LogP contribution in [0.15, 0.2) is 37.0 Å². The van der Waals surface area contributed by atoms with Crippen molar-refractivity contribution in [1.29, 1.82) is 0 Å². The van der Waals surface area contributed by atoms with Crippen LogP contribution in [0.4, 0.5) is 0 Å². The van der Waals surface area contributed by atoms with Gasteiger partial charge in [0.2, 0.25) is 0 Å². The van der Waals surface area contributed by atoms with Crippen molar-refractivity contribution in [2.75, 3.05) is 6.61 Å². The molecule has 0 aliphatic heterocycles. The van der Waals surface area contributed by atoms with Crippen LogP contribution in [0.1, 0.15) is 38.5 Å². The van der Waals surface area contributed by atoms with Crippen LogP contribution in [-0.2, 0) is 4.74 Å². The minimum atomic E-state index is -0.784. The average molecular weight is 236 g/mol. The molecule has 0 bridgehead atoms. The maximum atomic E-state index is 9.51. The Morgan fingerprint density at radius 1 is 1.18 bits per heavy atom. The molecule has 1 atom stereocenters. The third-order valence-electron chi connectivity index (χ3n) is 3.17. The maximum Gasteiger partial charge on any atom is 0.174 e. The summed E-state index contributed by atoms with van der Waals surface area (Å²) in [5, 5.41) is 9.51. The molecule has 1 N–H and O–H groups in total. The van der Waals surface area contributed by atoms with E-state index in [2.05, 4.69) is 6.58 Å². The fourth-order valence-corrected chi connectivity index (χ4v) is 2.19. The maximum absolute atomic E-state index is 9.51. The monoisotopic (exact) mass is 236 g/mol. The van der Waals surface area contributed by atoms with E-state index in [0.717, 1.165) is 12.3 Å². The van der Waals surface area contributed by atoms with E-state index < -0.39 is 6.29 Å². The number of aliphatic hydroxyl groups is 1. The van der Waals surface area contributed by atoms with E-state index in [1.807, 2.05) is 12.2 Å².